The number of anilines is 1. The predicted octanol–water partition coefficient (Wildman–Crippen LogP) is 2.90. The first-order valence-electron chi connectivity index (χ1n) is 6.12. The molecule has 4 nitrogen and oxygen atoms in total. The Bertz CT molecular complexity index is 500. The third-order valence-corrected chi connectivity index (χ3v) is 2.50. The molecule has 0 atom stereocenters. The second-order valence-corrected chi connectivity index (χ2v) is 4.02. The first kappa shape index (κ1) is 12.4. The Labute approximate surface area is 107 Å². The van der Waals surface area contributed by atoms with Crippen molar-refractivity contribution < 1.29 is 4.74 Å². The van der Waals surface area contributed by atoms with E-state index in [1.165, 1.54) is 0 Å². The van der Waals surface area contributed by atoms with Crippen LogP contribution in [0, 0.1) is 0 Å². The molecule has 1 aromatic carbocycles. The maximum atomic E-state index is 5.77. The maximum Gasteiger partial charge on any atom is 0.219 e. The summed E-state index contributed by atoms with van der Waals surface area (Å²) in [6, 6.07) is 11.4. The summed E-state index contributed by atoms with van der Waals surface area (Å²) >= 11 is 0. The Morgan fingerprint density at radius 2 is 1.94 bits per heavy atom. The standard InChI is InChI=1S/C14H17N3O/c1-2-3-9-18-13-10-12(15)16-14(17-13)11-7-5-4-6-8-11/h4-8,10H,2-3,9H2,1H3,(H2,15,16,17). The van der Waals surface area contributed by atoms with Gasteiger partial charge >= 0.3 is 0 Å². The van der Waals surface area contributed by atoms with Gasteiger partial charge in [0.25, 0.3) is 0 Å². The molecular formula is C14H17N3O. The lowest BCUT2D eigenvalue weighted by molar-refractivity contribution is 0.298. The number of rotatable bonds is 5. The summed E-state index contributed by atoms with van der Waals surface area (Å²) in [6.45, 7) is 2.77. The first-order valence-corrected chi connectivity index (χ1v) is 6.12. The third kappa shape index (κ3) is 3.20. The van der Waals surface area contributed by atoms with Crippen LogP contribution in [0.15, 0.2) is 36.4 Å². The van der Waals surface area contributed by atoms with Gasteiger partial charge in [-0.25, -0.2) is 4.98 Å². The van der Waals surface area contributed by atoms with Crippen LogP contribution in [0.1, 0.15) is 19.8 Å². The van der Waals surface area contributed by atoms with Crippen molar-refractivity contribution in [3.05, 3.63) is 36.4 Å². The van der Waals surface area contributed by atoms with Gasteiger partial charge in [0.1, 0.15) is 5.82 Å². The number of nitrogens with two attached hydrogens (primary N) is 1. The van der Waals surface area contributed by atoms with Gasteiger partial charge in [-0.3, -0.25) is 0 Å². The summed E-state index contributed by atoms with van der Waals surface area (Å²) in [5.74, 6) is 1.56. The normalized spacial score (nSPS) is 10.3. The molecule has 0 amide bonds. The highest BCUT2D eigenvalue weighted by atomic mass is 16.5. The van der Waals surface area contributed by atoms with Gasteiger partial charge in [-0.2, -0.15) is 4.98 Å². The molecule has 2 N–H and O–H groups in total. The molecule has 0 bridgehead atoms. The number of nitrogen functional groups attached to an aromatic ring is 1. The Balaban J connectivity index is 2.21. The quantitative estimate of drug-likeness (QED) is 0.820. The minimum absolute atomic E-state index is 0.426. The van der Waals surface area contributed by atoms with E-state index in [2.05, 4.69) is 16.9 Å². The van der Waals surface area contributed by atoms with Gasteiger partial charge in [0.05, 0.1) is 6.61 Å². The monoisotopic (exact) mass is 243 g/mol. The van der Waals surface area contributed by atoms with Crippen LogP contribution in [0.5, 0.6) is 5.88 Å². The molecular weight excluding hydrogens is 226 g/mol. The largest absolute Gasteiger partial charge is 0.478 e. The maximum absolute atomic E-state index is 5.77. The molecule has 0 radical (unpaired) electrons. The number of benzene rings is 1. The number of nitrogens with zero attached hydrogens (tertiary/aromatic N) is 2. The fraction of sp³-hybridized carbons (Fsp3) is 0.286. The molecule has 1 aromatic heterocycles. The Morgan fingerprint density at radius 3 is 2.67 bits per heavy atom. The number of unbranched alkanes of at least 4 members (excludes halogenated alkanes) is 1. The molecule has 0 saturated carbocycles. The van der Waals surface area contributed by atoms with Crippen molar-refractivity contribution in [1.29, 1.82) is 0 Å². The van der Waals surface area contributed by atoms with Crippen molar-refractivity contribution in [2.75, 3.05) is 12.3 Å². The average Bonchev–Trinajstić information content (AvgIpc) is 2.39. The van der Waals surface area contributed by atoms with E-state index in [9.17, 15) is 0 Å². The SMILES string of the molecule is CCCCOc1cc(N)nc(-c2ccccc2)n1. The minimum Gasteiger partial charge on any atom is -0.478 e. The van der Waals surface area contributed by atoms with Gasteiger partial charge in [0.15, 0.2) is 5.82 Å². The van der Waals surface area contributed by atoms with Gasteiger partial charge in [-0.05, 0) is 6.42 Å². The van der Waals surface area contributed by atoms with Crippen molar-refractivity contribution in [2.45, 2.75) is 19.8 Å². The molecule has 2 aromatic rings. The van der Waals surface area contributed by atoms with Crippen molar-refractivity contribution in [3.63, 3.8) is 0 Å². The van der Waals surface area contributed by atoms with Crippen molar-refractivity contribution in [3.8, 4) is 17.3 Å². The lowest BCUT2D eigenvalue weighted by atomic mass is 10.2. The fourth-order valence-electron chi connectivity index (χ4n) is 1.55. The van der Waals surface area contributed by atoms with Crippen LogP contribution in [0.4, 0.5) is 5.82 Å². The van der Waals surface area contributed by atoms with Crippen LogP contribution >= 0.6 is 0 Å². The molecule has 0 aliphatic heterocycles. The van der Waals surface area contributed by atoms with Gasteiger partial charge in [-0.1, -0.05) is 43.7 Å². The molecule has 0 aliphatic carbocycles. The van der Waals surface area contributed by atoms with Crippen molar-refractivity contribution in [1.82, 2.24) is 9.97 Å². The van der Waals surface area contributed by atoms with Crippen LogP contribution in [0.3, 0.4) is 0 Å². The second kappa shape index (κ2) is 6.00. The van der Waals surface area contributed by atoms with Crippen LogP contribution in [0.2, 0.25) is 0 Å². The average molecular weight is 243 g/mol. The summed E-state index contributed by atoms with van der Waals surface area (Å²) < 4.78 is 5.56. The Kier molecular flexibility index (Phi) is 4.12. The summed E-state index contributed by atoms with van der Waals surface area (Å²) in [7, 11) is 0. The third-order valence-electron chi connectivity index (χ3n) is 2.50. The van der Waals surface area contributed by atoms with Crippen LogP contribution < -0.4 is 10.5 Å². The number of hydrogen-bond donors (Lipinski definition) is 1. The fourth-order valence-corrected chi connectivity index (χ4v) is 1.55. The van der Waals surface area contributed by atoms with E-state index in [4.69, 9.17) is 10.5 Å². The lowest BCUT2D eigenvalue weighted by Crippen LogP contribution is -2.02. The van der Waals surface area contributed by atoms with Crippen molar-refractivity contribution >= 4 is 5.82 Å². The molecule has 18 heavy (non-hydrogen) atoms. The smallest absolute Gasteiger partial charge is 0.219 e. The van der Waals surface area contributed by atoms with Crippen LogP contribution in [-0.4, -0.2) is 16.6 Å². The zero-order valence-corrected chi connectivity index (χ0v) is 10.5. The lowest BCUT2D eigenvalue weighted by Gasteiger charge is -2.07. The molecule has 2 rings (SSSR count). The molecule has 0 fully saturated rings. The van der Waals surface area contributed by atoms with Gasteiger partial charge in [-0.15, -0.1) is 0 Å². The van der Waals surface area contributed by atoms with E-state index in [-0.39, 0.29) is 0 Å². The minimum atomic E-state index is 0.426. The summed E-state index contributed by atoms with van der Waals surface area (Å²) in [5.41, 5.74) is 6.71. The Morgan fingerprint density at radius 1 is 1.17 bits per heavy atom. The molecule has 0 saturated heterocycles. The zero-order valence-electron chi connectivity index (χ0n) is 10.5. The highest BCUT2D eigenvalue weighted by Gasteiger charge is 2.05. The molecule has 0 unspecified atom stereocenters. The van der Waals surface area contributed by atoms with Crippen LogP contribution in [-0.2, 0) is 0 Å². The highest BCUT2D eigenvalue weighted by molar-refractivity contribution is 5.57. The predicted molar refractivity (Wildman–Crippen MR) is 72.3 cm³/mol. The van der Waals surface area contributed by atoms with E-state index in [0.29, 0.717) is 24.1 Å². The van der Waals surface area contributed by atoms with Gasteiger partial charge in [0.2, 0.25) is 5.88 Å². The van der Waals surface area contributed by atoms with Crippen LogP contribution in [0.25, 0.3) is 11.4 Å². The summed E-state index contributed by atoms with van der Waals surface area (Å²) in [5, 5.41) is 0. The summed E-state index contributed by atoms with van der Waals surface area (Å²) in [4.78, 5) is 8.58. The number of ether oxygens (including phenoxy) is 1. The highest BCUT2D eigenvalue weighted by Crippen LogP contribution is 2.19. The summed E-state index contributed by atoms with van der Waals surface area (Å²) in [6.07, 6.45) is 2.09. The Hall–Kier alpha value is -2.10. The van der Waals surface area contributed by atoms with Gasteiger partial charge in [0, 0.05) is 11.6 Å². The van der Waals surface area contributed by atoms with E-state index in [0.717, 1.165) is 18.4 Å². The molecule has 4 heteroatoms. The zero-order chi connectivity index (χ0) is 12.8. The van der Waals surface area contributed by atoms with E-state index >= 15 is 0 Å². The van der Waals surface area contributed by atoms with E-state index in [1.807, 2.05) is 30.3 Å². The molecule has 0 spiro atoms. The molecule has 94 valence electrons. The number of aromatic nitrogens is 2. The van der Waals surface area contributed by atoms with E-state index in [1.54, 1.807) is 6.07 Å². The van der Waals surface area contributed by atoms with Gasteiger partial charge < -0.3 is 10.5 Å². The van der Waals surface area contributed by atoms with E-state index < -0.39 is 0 Å². The molecule has 0 aliphatic rings. The first-order chi connectivity index (χ1) is 8.79. The second-order valence-electron chi connectivity index (χ2n) is 4.02. The molecule has 1 heterocycles. The number of hydrogen-bond acceptors (Lipinski definition) is 4. The topological polar surface area (TPSA) is 61.0 Å². The van der Waals surface area contributed by atoms with Crippen molar-refractivity contribution in [2.24, 2.45) is 0 Å².